The molecule has 0 amide bonds. The average Bonchev–Trinajstić information content (AvgIpc) is 2.55. The van der Waals surface area contributed by atoms with Crippen molar-refractivity contribution in [2.75, 3.05) is 39.6 Å². The number of carbonyl (C=O) groups excluding carboxylic acids is 2. The van der Waals surface area contributed by atoms with Gasteiger partial charge in [0.05, 0.1) is 37.3 Å². The third-order valence-electron chi connectivity index (χ3n) is 4.17. The zero-order valence-corrected chi connectivity index (χ0v) is 16.1. The normalized spacial score (nSPS) is 12.1. The van der Waals surface area contributed by atoms with Crippen molar-refractivity contribution in [2.45, 2.75) is 54.4 Å². The first kappa shape index (κ1) is 22.9. The average molecular weight is 346 g/mol. The fraction of sp³-hybridized carbons (Fsp3) is 0.889. The summed E-state index contributed by atoms with van der Waals surface area (Å²) in [5.74, 6) is -0.414. The van der Waals surface area contributed by atoms with Crippen molar-refractivity contribution in [1.29, 1.82) is 0 Å². The number of ether oxygens (including phenoxy) is 4. The van der Waals surface area contributed by atoms with Crippen LogP contribution in [0.1, 0.15) is 54.4 Å². The highest BCUT2D eigenvalue weighted by Gasteiger charge is 2.27. The Morgan fingerprint density at radius 3 is 1.21 bits per heavy atom. The quantitative estimate of drug-likeness (QED) is 0.377. The van der Waals surface area contributed by atoms with Crippen molar-refractivity contribution in [3.05, 3.63) is 0 Å². The first-order valence-corrected chi connectivity index (χ1v) is 8.67. The molecular weight excluding hydrogens is 312 g/mol. The van der Waals surface area contributed by atoms with E-state index in [4.69, 9.17) is 18.9 Å². The van der Waals surface area contributed by atoms with E-state index in [0.717, 1.165) is 12.8 Å². The van der Waals surface area contributed by atoms with E-state index in [1.807, 2.05) is 41.5 Å². The summed E-state index contributed by atoms with van der Waals surface area (Å²) in [6, 6.07) is 0. The lowest BCUT2D eigenvalue weighted by Crippen LogP contribution is -2.27. The molecule has 0 saturated carbocycles. The lowest BCUT2D eigenvalue weighted by atomic mass is 9.91. The van der Waals surface area contributed by atoms with Crippen LogP contribution in [-0.2, 0) is 28.5 Å². The fourth-order valence-corrected chi connectivity index (χ4v) is 1.39. The Kier molecular flexibility index (Phi) is 10.9. The molecule has 0 rings (SSSR count). The van der Waals surface area contributed by atoms with Crippen LogP contribution < -0.4 is 0 Å². The molecule has 0 spiro atoms. The molecule has 0 atom stereocenters. The fourth-order valence-electron chi connectivity index (χ4n) is 1.39. The van der Waals surface area contributed by atoms with Gasteiger partial charge in [-0.05, 0) is 40.5 Å². The Morgan fingerprint density at radius 1 is 0.625 bits per heavy atom. The van der Waals surface area contributed by atoms with Gasteiger partial charge in [-0.1, -0.05) is 13.8 Å². The monoisotopic (exact) mass is 346 g/mol. The smallest absolute Gasteiger partial charge is 0.311 e. The van der Waals surface area contributed by atoms with Crippen LogP contribution in [0.15, 0.2) is 0 Å². The van der Waals surface area contributed by atoms with E-state index in [-0.39, 0.29) is 25.2 Å². The van der Waals surface area contributed by atoms with E-state index in [1.54, 1.807) is 0 Å². The summed E-state index contributed by atoms with van der Waals surface area (Å²) < 4.78 is 20.9. The zero-order chi connectivity index (χ0) is 18.6. The topological polar surface area (TPSA) is 71.1 Å². The molecule has 0 aromatic heterocycles. The second kappa shape index (κ2) is 11.4. The van der Waals surface area contributed by atoms with Crippen molar-refractivity contribution in [3.63, 3.8) is 0 Å². The van der Waals surface area contributed by atoms with Gasteiger partial charge in [-0.25, -0.2) is 0 Å². The molecular formula is C18H34O6. The van der Waals surface area contributed by atoms with Crippen LogP contribution in [0.5, 0.6) is 0 Å². The van der Waals surface area contributed by atoms with Gasteiger partial charge in [0, 0.05) is 0 Å². The van der Waals surface area contributed by atoms with Gasteiger partial charge in [0.25, 0.3) is 0 Å². The minimum Gasteiger partial charge on any atom is -0.463 e. The molecule has 0 N–H and O–H groups in total. The Balaban J connectivity index is 3.50. The van der Waals surface area contributed by atoms with Crippen molar-refractivity contribution >= 4 is 11.9 Å². The molecule has 0 radical (unpaired) electrons. The first-order valence-electron chi connectivity index (χ1n) is 8.67. The highest BCUT2D eigenvalue weighted by atomic mass is 16.6. The van der Waals surface area contributed by atoms with Gasteiger partial charge >= 0.3 is 11.9 Å². The molecule has 0 bridgehead atoms. The van der Waals surface area contributed by atoms with Gasteiger partial charge in [-0.3, -0.25) is 9.59 Å². The van der Waals surface area contributed by atoms with Crippen LogP contribution in [-0.4, -0.2) is 51.6 Å². The summed E-state index contributed by atoms with van der Waals surface area (Å²) in [6.45, 7) is 13.3. The van der Waals surface area contributed by atoms with Crippen LogP contribution >= 0.6 is 0 Å². The summed E-state index contributed by atoms with van der Waals surface area (Å²) in [7, 11) is 0. The molecule has 6 nitrogen and oxygen atoms in total. The van der Waals surface area contributed by atoms with Crippen LogP contribution in [0.2, 0.25) is 0 Å². The van der Waals surface area contributed by atoms with Crippen LogP contribution in [0.25, 0.3) is 0 Å². The van der Waals surface area contributed by atoms with E-state index < -0.39 is 10.8 Å². The van der Waals surface area contributed by atoms with Gasteiger partial charge in [0.2, 0.25) is 0 Å². The maximum absolute atomic E-state index is 11.7. The minimum absolute atomic E-state index is 0.207. The summed E-state index contributed by atoms with van der Waals surface area (Å²) >= 11 is 0. The predicted octanol–water partition coefficient (Wildman–Crippen LogP) is 2.98. The summed E-state index contributed by atoms with van der Waals surface area (Å²) in [6.07, 6.45) is 1.47. The van der Waals surface area contributed by atoms with E-state index in [1.165, 1.54) is 0 Å². The molecule has 0 saturated heterocycles. The second-order valence-electron chi connectivity index (χ2n) is 6.97. The Hall–Kier alpha value is -1.14. The largest absolute Gasteiger partial charge is 0.463 e. The second-order valence-corrected chi connectivity index (χ2v) is 6.97. The third-order valence-corrected chi connectivity index (χ3v) is 4.17. The van der Waals surface area contributed by atoms with Gasteiger partial charge in [-0.2, -0.15) is 0 Å². The Morgan fingerprint density at radius 2 is 0.917 bits per heavy atom. The molecule has 0 heterocycles. The molecule has 0 aliphatic heterocycles. The Bertz CT molecular complexity index is 340. The highest BCUT2D eigenvalue weighted by Crippen LogP contribution is 2.21. The summed E-state index contributed by atoms with van der Waals surface area (Å²) in [5.41, 5.74) is -0.903. The molecule has 0 aromatic carbocycles. The van der Waals surface area contributed by atoms with Gasteiger partial charge < -0.3 is 18.9 Å². The van der Waals surface area contributed by atoms with Crippen LogP contribution in [0.4, 0.5) is 0 Å². The van der Waals surface area contributed by atoms with E-state index >= 15 is 0 Å². The maximum atomic E-state index is 11.7. The van der Waals surface area contributed by atoms with Crippen molar-refractivity contribution in [3.8, 4) is 0 Å². The standard InChI is InChI=1S/C18H34O6/c1-7-17(3,4)15(19)23-13-11-21-9-10-22-12-14-24-16(20)18(5,6)8-2/h7-14H2,1-6H3. The number of hydrogen-bond acceptors (Lipinski definition) is 6. The molecule has 6 heteroatoms. The number of esters is 2. The molecule has 0 aliphatic rings. The molecule has 0 aliphatic carbocycles. The third kappa shape index (κ3) is 9.23. The maximum Gasteiger partial charge on any atom is 0.311 e. The lowest BCUT2D eigenvalue weighted by Gasteiger charge is -2.20. The van der Waals surface area contributed by atoms with Crippen molar-refractivity contribution in [1.82, 2.24) is 0 Å². The van der Waals surface area contributed by atoms with E-state index in [2.05, 4.69) is 0 Å². The molecule has 0 unspecified atom stereocenters. The van der Waals surface area contributed by atoms with E-state index in [9.17, 15) is 9.59 Å². The number of rotatable bonds is 13. The number of hydrogen-bond donors (Lipinski definition) is 0. The molecule has 24 heavy (non-hydrogen) atoms. The lowest BCUT2D eigenvalue weighted by molar-refractivity contribution is -0.157. The molecule has 0 fully saturated rings. The molecule has 0 aromatic rings. The zero-order valence-electron chi connectivity index (χ0n) is 16.1. The highest BCUT2D eigenvalue weighted by molar-refractivity contribution is 5.76. The minimum atomic E-state index is -0.452. The first-order chi connectivity index (χ1) is 11.2. The van der Waals surface area contributed by atoms with Crippen LogP contribution in [0.3, 0.4) is 0 Å². The van der Waals surface area contributed by atoms with E-state index in [0.29, 0.717) is 26.4 Å². The van der Waals surface area contributed by atoms with Crippen molar-refractivity contribution < 1.29 is 28.5 Å². The number of carbonyl (C=O) groups is 2. The van der Waals surface area contributed by atoms with Crippen molar-refractivity contribution in [2.24, 2.45) is 10.8 Å². The SMILES string of the molecule is CCC(C)(C)C(=O)OCCOCCOCCOC(=O)C(C)(C)CC. The summed E-state index contributed by atoms with van der Waals surface area (Å²) in [5, 5.41) is 0. The van der Waals surface area contributed by atoms with Gasteiger partial charge in [0.15, 0.2) is 0 Å². The molecule has 142 valence electrons. The Labute approximate surface area is 146 Å². The summed E-state index contributed by atoms with van der Waals surface area (Å²) in [4.78, 5) is 23.4. The van der Waals surface area contributed by atoms with Gasteiger partial charge in [-0.15, -0.1) is 0 Å². The predicted molar refractivity (Wildman–Crippen MR) is 91.7 cm³/mol. The van der Waals surface area contributed by atoms with Gasteiger partial charge in [0.1, 0.15) is 13.2 Å². The van der Waals surface area contributed by atoms with Crippen LogP contribution in [0, 0.1) is 10.8 Å².